The van der Waals surface area contributed by atoms with Crippen LogP contribution in [0.5, 0.6) is 5.75 Å². The lowest BCUT2D eigenvalue weighted by Crippen LogP contribution is -2.53. The summed E-state index contributed by atoms with van der Waals surface area (Å²) in [7, 11) is 0. The van der Waals surface area contributed by atoms with Crippen LogP contribution in [-0.4, -0.2) is 40.4 Å². The largest absolute Gasteiger partial charge is 0.481 e. The van der Waals surface area contributed by atoms with Crippen LogP contribution in [0, 0.1) is 5.82 Å². The van der Waals surface area contributed by atoms with Crippen molar-refractivity contribution in [2.75, 3.05) is 6.61 Å². The molecule has 9 heteroatoms. The van der Waals surface area contributed by atoms with E-state index in [1.807, 2.05) is 0 Å². The van der Waals surface area contributed by atoms with Crippen molar-refractivity contribution in [3.63, 3.8) is 0 Å². The number of carbonyl (C=O) groups is 4. The number of hydrogen-bond donors (Lipinski definition) is 2. The standard InChI is InChI=1S/C20H15FN2O6/c21-14-7-5-12(6-8-14)10-23-19(27)15(18(26)22-20(23)28)9-13-3-1-2-4-16(13)29-11-17(24)25/h1-9H,10-11H2,(H,24,25)(H,22,26,28)/b15-9-. The van der Waals surface area contributed by atoms with Crippen molar-refractivity contribution < 1.29 is 33.4 Å². The summed E-state index contributed by atoms with van der Waals surface area (Å²) in [4.78, 5) is 48.6. The van der Waals surface area contributed by atoms with E-state index >= 15 is 0 Å². The molecular weight excluding hydrogens is 383 g/mol. The monoisotopic (exact) mass is 398 g/mol. The van der Waals surface area contributed by atoms with Crippen LogP contribution in [0.15, 0.2) is 54.1 Å². The van der Waals surface area contributed by atoms with Crippen molar-refractivity contribution in [2.24, 2.45) is 0 Å². The van der Waals surface area contributed by atoms with Crippen molar-refractivity contribution in [1.29, 1.82) is 0 Å². The number of rotatable bonds is 6. The number of aliphatic carboxylic acids is 1. The number of barbiturate groups is 1. The molecule has 0 unspecified atom stereocenters. The Morgan fingerprint density at radius 3 is 2.48 bits per heavy atom. The van der Waals surface area contributed by atoms with Crippen LogP contribution in [-0.2, 0) is 20.9 Å². The van der Waals surface area contributed by atoms with E-state index in [1.54, 1.807) is 12.1 Å². The third kappa shape index (κ3) is 4.64. The van der Waals surface area contributed by atoms with E-state index in [0.717, 1.165) is 4.90 Å². The van der Waals surface area contributed by atoms with Crippen LogP contribution in [0.4, 0.5) is 9.18 Å². The number of para-hydroxylation sites is 1. The Balaban J connectivity index is 1.89. The molecule has 1 aliphatic heterocycles. The second-order valence-electron chi connectivity index (χ2n) is 6.06. The molecule has 0 atom stereocenters. The average Bonchev–Trinajstić information content (AvgIpc) is 2.69. The Hall–Kier alpha value is -4.01. The molecule has 0 spiro atoms. The zero-order valence-electron chi connectivity index (χ0n) is 14.9. The number of nitrogens with one attached hydrogen (secondary N) is 1. The number of halogens is 1. The molecule has 1 heterocycles. The smallest absolute Gasteiger partial charge is 0.341 e. The molecule has 0 aliphatic carbocycles. The van der Waals surface area contributed by atoms with Crippen LogP contribution < -0.4 is 10.1 Å². The normalized spacial score (nSPS) is 15.4. The van der Waals surface area contributed by atoms with E-state index < -0.39 is 36.2 Å². The van der Waals surface area contributed by atoms with Crippen molar-refractivity contribution >= 4 is 29.9 Å². The summed E-state index contributed by atoms with van der Waals surface area (Å²) in [5.41, 5.74) is 0.468. The lowest BCUT2D eigenvalue weighted by Gasteiger charge is -2.26. The molecule has 0 aromatic heterocycles. The van der Waals surface area contributed by atoms with Gasteiger partial charge in [-0.1, -0.05) is 30.3 Å². The number of hydrogen-bond acceptors (Lipinski definition) is 5. The van der Waals surface area contributed by atoms with Crippen LogP contribution in [0.25, 0.3) is 6.08 Å². The average molecular weight is 398 g/mol. The van der Waals surface area contributed by atoms with E-state index in [9.17, 15) is 23.6 Å². The van der Waals surface area contributed by atoms with Gasteiger partial charge in [0.2, 0.25) is 0 Å². The molecule has 0 radical (unpaired) electrons. The summed E-state index contributed by atoms with van der Waals surface area (Å²) in [6, 6.07) is 10.6. The summed E-state index contributed by atoms with van der Waals surface area (Å²) in [6.45, 7) is -0.762. The van der Waals surface area contributed by atoms with Crippen molar-refractivity contribution in [1.82, 2.24) is 10.2 Å². The predicted octanol–water partition coefficient (Wildman–Crippen LogP) is 1.95. The number of imide groups is 2. The third-order valence-corrected chi connectivity index (χ3v) is 4.01. The molecule has 1 aliphatic rings. The van der Waals surface area contributed by atoms with Gasteiger partial charge in [0.05, 0.1) is 6.54 Å². The Bertz CT molecular complexity index is 1020. The molecule has 4 amide bonds. The number of carboxylic acids is 1. The molecule has 1 fully saturated rings. The summed E-state index contributed by atoms with van der Waals surface area (Å²) in [6.07, 6.45) is 1.22. The number of urea groups is 1. The first-order valence-electron chi connectivity index (χ1n) is 8.42. The summed E-state index contributed by atoms with van der Waals surface area (Å²) >= 11 is 0. The van der Waals surface area contributed by atoms with Gasteiger partial charge in [-0.15, -0.1) is 0 Å². The summed E-state index contributed by atoms with van der Waals surface area (Å²) in [5, 5.41) is 10.8. The Kier molecular flexibility index (Phi) is 5.68. The van der Waals surface area contributed by atoms with Gasteiger partial charge in [-0.2, -0.15) is 0 Å². The zero-order chi connectivity index (χ0) is 21.0. The van der Waals surface area contributed by atoms with E-state index in [-0.39, 0.29) is 17.9 Å². The molecular formula is C20H15FN2O6. The van der Waals surface area contributed by atoms with Gasteiger partial charge in [0.15, 0.2) is 6.61 Å². The third-order valence-electron chi connectivity index (χ3n) is 4.01. The Morgan fingerprint density at radius 2 is 1.79 bits per heavy atom. The van der Waals surface area contributed by atoms with Crippen LogP contribution in [0.1, 0.15) is 11.1 Å². The van der Waals surface area contributed by atoms with Crippen molar-refractivity contribution in [3.05, 3.63) is 71.0 Å². The highest BCUT2D eigenvalue weighted by atomic mass is 19.1. The fourth-order valence-electron chi connectivity index (χ4n) is 2.64. The number of ether oxygens (including phenoxy) is 1. The molecule has 29 heavy (non-hydrogen) atoms. The van der Waals surface area contributed by atoms with E-state index in [0.29, 0.717) is 11.1 Å². The van der Waals surface area contributed by atoms with E-state index in [2.05, 4.69) is 5.32 Å². The Labute approximate surface area is 164 Å². The van der Waals surface area contributed by atoms with Crippen LogP contribution >= 0.6 is 0 Å². The number of amides is 4. The number of carbonyl (C=O) groups excluding carboxylic acids is 3. The molecule has 8 nitrogen and oxygen atoms in total. The second-order valence-corrected chi connectivity index (χ2v) is 6.06. The molecule has 0 saturated carbocycles. The molecule has 0 bridgehead atoms. The number of nitrogens with zero attached hydrogens (tertiary/aromatic N) is 1. The maximum atomic E-state index is 13.1. The predicted molar refractivity (Wildman–Crippen MR) is 98.0 cm³/mol. The highest BCUT2D eigenvalue weighted by Crippen LogP contribution is 2.23. The zero-order valence-corrected chi connectivity index (χ0v) is 14.9. The van der Waals surface area contributed by atoms with Crippen LogP contribution in [0.3, 0.4) is 0 Å². The van der Waals surface area contributed by atoms with Gasteiger partial charge in [-0.3, -0.25) is 19.8 Å². The molecule has 3 rings (SSSR count). The van der Waals surface area contributed by atoms with Gasteiger partial charge in [0.1, 0.15) is 17.1 Å². The highest BCUT2D eigenvalue weighted by molar-refractivity contribution is 6.31. The first-order valence-corrected chi connectivity index (χ1v) is 8.42. The minimum atomic E-state index is -1.19. The minimum absolute atomic E-state index is 0.157. The van der Waals surface area contributed by atoms with Gasteiger partial charge >= 0.3 is 12.0 Å². The van der Waals surface area contributed by atoms with E-state index in [1.165, 1.54) is 42.5 Å². The topological polar surface area (TPSA) is 113 Å². The van der Waals surface area contributed by atoms with Gasteiger partial charge in [0, 0.05) is 5.56 Å². The Morgan fingerprint density at radius 1 is 1.10 bits per heavy atom. The van der Waals surface area contributed by atoms with Gasteiger partial charge < -0.3 is 9.84 Å². The lowest BCUT2D eigenvalue weighted by molar-refractivity contribution is -0.139. The molecule has 2 aromatic rings. The lowest BCUT2D eigenvalue weighted by atomic mass is 10.1. The van der Waals surface area contributed by atoms with Crippen LogP contribution in [0.2, 0.25) is 0 Å². The maximum absolute atomic E-state index is 13.1. The molecule has 148 valence electrons. The molecule has 1 saturated heterocycles. The van der Waals surface area contributed by atoms with Gasteiger partial charge in [0.25, 0.3) is 11.8 Å². The number of carboxylic acid groups (broad SMARTS) is 1. The van der Waals surface area contributed by atoms with Crippen molar-refractivity contribution in [3.8, 4) is 5.75 Å². The SMILES string of the molecule is O=C(O)COc1ccccc1/C=C1/C(=O)NC(=O)N(Cc2ccc(F)cc2)C1=O. The fourth-order valence-corrected chi connectivity index (χ4v) is 2.64. The van der Waals surface area contributed by atoms with Crippen molar-refractivity contribution in [2.45, 2.75) is 6.54 Å². The first kappa shape index (κ1) is 19.7. The second kappa shape index (κ2) is 8.34. The van der Waals surface area contributed by atoms with E-state index in [4.69, 9.17) is 9.84 Å². The molecule has 2 aromatic carbocycles. The fraction of sp³-hybridized carbons (Fsp3) is 0.100. The quantitative estimate of drug-likeness (QED) is 0.568. The first-order chi connectivity index (χ1) is 13.8. The highest BCUT2D eigenvalue weighted by Gasteiger charge is 2.35. The number of benzene rings is 2. The summed E-state index contributed by atoms with van der Waals surface area (Å²) < 4.78 is 18.2. The maximum Gasteiger partial charge on any atom is 0.341 e. The van der Waals surface area contributed by atoms with Gasteiger partial charge in [-0.05, 0) is 29.8 Å². The summed E-state index contributed by atoms with van der Waals surface area (Å²) in [5.74, 6) is -3.21. The molecule has 2 N–H and O–H groups in total. The minimum Gasteiger partial charge on any atom is -0.481 e. The van der Waals surface area contributed by atoms with Gasteiger partial charge in [-0.25, -0.2) is 14.0 Å².